The molecule has 0 atom stereocenters. The van der Waals surface area contributed by atoms with Crippen molar-refractivity contribution in [1.82, 2.24) is 9.55 Å². The summed E-state index contributed by atoms with van der Waals surface area (Å²) < 4.78 is 2.28. The number of benzene rings is 4. The van der Waals surface area contributed by atoms with E-state index in [0.29, 0.717) is 0 Å². The first-order chi connectivity index (χ1) is 23.9. The summed E-state index contributed by atoms with van der Waals surface area (Å²) >= 11 is 0. The predicted molar refractivity (Wildman–Crippen MR) is 216 cm³/mol. The molecular formula is C47H51N4Pt-3. The van der Waals surface area contributed by atoms with Gasteiger partial charge in [-0.25, -0.2) is 4.98 Å². The molecular weight excluding hydrogens is 816 g/mol. The van der Waals surface area contributed by atoms with E-state index in [9.17, 15) is 0 Å². The average Bonchev–Trinajstić information content (AvgIpc) is 3.71. The number of anilines is 2. The fourth-order valence-corrected chi connectivity index (χ4v) is 6.90. The van der Waals surface area contributed by atoms with Crippen molar-refractivity contribution in [3.05, 3.63) is 150 Å². The molecule has 4 aromatic carbocycles. The van der Waals surface area contributed by atoms with Crippen LogP contribution in [0.25, 0.3) is 27.6 Å². The maximum atomic E-state index is 4.88. The minimum atomic E-state index is -0.363. The topological polar surface area (TPSA) is 24.3 Å². The normalized spacial score (nSPS) is 14.1. The van der Waals surface area contributed by atoms with Crippen LogP contribution in [0.3, 0.4) is 0 Å². The van der Waals surface area contributed by atoms with Gasteiger partial charge in [-0.05, 0) is 86.5 Å². The number of fused-ring (bicyclic) bond motifs is 3. The van der Waals surface area contributed by atoms with Gasteiger partial charge in [0, 0.05) is 38.5 Å². The van der Waals surface area contributed by atoms with Gasteiger partial charge < -0.3 is 14.4 Å². The Kier molecular flexibility index (Phi) is 9.67. The van der Waals surface area contributed by atoms with E-state index in [0.717, 1.165) is 33.7 Å². The summed E-state index contributed by atoms with van der Waals surface area (Å²) in [6.07, 6.45) is 6.20. The number of aromatic nitrogens is 2. The van der Waals surface area contributed by atoms with Crippen LogP contribution in [0.1, 0.15) is 104 Å². The summed E-state index contributed by atoms with van der Waals surface area (Å²) in [7, 11) is 0. The van der Waals surface area contributed by atoms with Crippen molar-refractivity contribution in [2.45, 2.75) is 97.8 Å². The van der Waals surface area contributed by atoms with Gasteiger partial charge in [-0.1, -0.05) is 106 Å². The molecule has 3 heterocycles. The minimum absolute atomic E-state index is 0. The van der Waals surface area contributed by atoms with E-state index in [2.05, 4.69) is 207 Å². The van der Waals surface area contributed by atoms with Gasteiger partial charge in [-0.3, -0.25) is 0 Å². The number of para-hydroxylation sites is 1. The van der Waals surface area contributed by atoms with E-state index >= 15 is 0 Å². The van der Waals surface area contributed by atoms with E-state index in [1.807, 2.05) is 6.20 Å². The van der Waals surface area contributed by atoms with Gasteiger partial charge in [0.2, 0.25) is 0 Å². The van der Waals surface area contributed by atoms with Crippen LogP contribution in [0.15, 0.2) is 104 Å². The molecule has 6 aromatic rings. The van der Waals surface area contributed by atoms with Crippen LogP contribution in [-0.2, 0) is 42.7 Å². The standard InChI is InChI=1S/C47H51N4.Pt/c1-44(2,3)32-21-22-48-43(30-32)51-41-18-13-12-17-39(41)40-20-19-34(29-42(40)51)47(10,11)33-15-14-16-37(26-33)49-23-24-50(31-49)38-27-35(45(4,5)6)25-36(28-38)46(7,8)9;/h12-25,27-28,30-31H,1-11H3;/q-3;. The van der Waals surface area contributed by atoms with Crippen molar-refractivity contribution in [3.8, 4) is 5.82 Å². The molecule has 1 aliphatic rings. The Morgan fingerprint density at radius 2 is 1.21 bits per heavy atom. The Bertz CT molecular complexity index is 2260. The summed E-state index contributed by atoms with van der Waals surface area (Å²) in [5.41, 5.74) is 10.2. The fourth-order valence-electron chi connectivity index (χ4n) is 6.90. The number of nitrogens with zero attached hydrogens (tertiary/aromatic N) is 4. The first kappa shape index (κ1) is 37.6. The second-order valence-electron chi connectivity index (χ2n) is 17.7. The zero-order chi connectivity index (χ0) is 36.5. The van der Waals surface area contributed by atoms with E-state index < -0.39 is 0 Å². The summed E-state index contributed by atoms with van der Waals surface area (Å²) in [5, 5.41) is 2.38. The third kappa shape index (κ3) is 6.99. The van der Waals surface area contributed by atoms with E-state index in [1.165, 1.54) is 33.2 Å². The molecule has 0 spiro atoms. The average molecular weight is 867 g/mol. The van der Waals surface area contributed by atoms with Gasteiger partial charge in [0.15, 0.2) is 0 Å². The van der Waals surface area contributed by atoms with Gasteiger partial charge in [-0.2, -0.15) is 53.6 Å². The van der Waals surface area contributed by atoms with Gasteiger partial charge in [-0.15, -0.1) is 17.7 Å². The molecule has 4 nitrogen and oxygen atoms in total. The summed E-state index contributed by atoms with van der Waals surface area (Å²) in [6, 6.07) is 38.6. The molecule has 7 rings (SSSR count). The van der Waals surface area contributed by atoms with Crippen molar-refractivity contribution in [3.63, 3.8) is 0 Å². The minimum Gasteiger partial charge on any atom is -0.500 e. The van der Waals surface area contributed by atoms with Crippen LogP contribution in [0.5, 0.6) is 0 Å². The van der Waals surface area contributed by atoms with Crippen molar-refractivity contribution in [2.24, 2.45) is 0 Å². The first-order valence-corrected chi connectivity index (χ1v) is 18.1. The Hall–Kier alpha value is -4.14. The van der Waals surface area contributed by atoms with Crippen LogP contribution in [0, 0.1) is 18.8 Å². The molecule has 0 saturated heterocycles. The summed E-state index contributed by atoms with van der Waals surface area (Å²) in [5.74, 6) is 0.914. The Morgan fingerprint density at radius 1 is 0.577 bits per heavy atom. The zero-order valence-electron chi connectivity index (χ0n) is 32.5. The second-order valence-corrected chi connectivity index (χ2v) is 17.7. The zero-order valence-corrected chi connectivity index (χ0v) is 34.8. The maximum absolute atomic E-state index is 4.88. The van der Waals surface area contributed by atoms with Crippen molar-refractivity contribution < 1.29 is 21.1 Å². The van der Waals surface area contributed by atoms with Crippen molar-refractivity contribution in [1.29, 1.82) is 0 Å². The fraction of sp³-hybridized carbons (Fsp3) is 0.319. The molecule has 272 valence electrons. The number of rotatable bonds is 5. The van der Waals surface area contributed by atoms with E-state index in [1.54, 1.807) is 0 Å². The maximum Gasteiger partial charge on any atom is 0.135 e. The SMILES string of the molecule is CC(C)(C)c1cc(N2C=CN(c3[c-]c(C(C)(C)c4[c-]c5c(cc4)c4ccccc4n5-c4cc(C(C)(C)C)ccn4)ccc3)[CH-]2)cc(C(C)(C)C)c1.[Pt]. The molecule has 0 radical (unpaired) electrons. The molecule has 1 aliphatic heterocycles. The third-order valence-electron chi connectivity index (χ3n) is 10.4. The molecule has 0 N–H and O–H groups in total. The Morgan fingerprint density at radius 3 is 1.88 bits per heavy atom. The molecule has 0 bridgehead atoms. The Labute approximate surface area is 325 Å². The molecule has 0 fully saturated rings. The van der Waals surface area contributed by atoms with E-state index in [-0.39, 0.29) is 42.7 Å². The van der Waals surface area contributed by atoms with Gasteiger partial charge in [0.05, 0.1) is 0 Å². The molecule has 0 unspecified atom stereocenters. The van der Waals surface area contributed by atoms with Gasteiger partial charge >= 0.3 is 0 Å². The number of hydrogen-bond acceptors (Lipinski definition) is 3. The van der Waals surface area contributed by atoms with Crippen LogP contribution in [0.2, 0.25) is 0 Å². The predicted octanol–water partition coefficient (Wildman–Crippen LogP) is 11.9. The van der Waals surface area contributed by atoms with Crippen LogP contribution >= 0.6 is 0 Å². The molecule has 0 amide bonds. The van der Waals surface area contributed by atoms with E-state index in [4.69, 9.17) is 4.98 Å². The summed E-state index contributed by atoms with van der Waals surface area (Å²) in [4.78, 5) is 9.27. The third-order valence-corrected chi connectivity index (χ3v) is 10.4. The van der Waals surface area contributed by atoms with Crippen molar-refractivity contribution >= 4 is 33.2 Å². The quantitative estimate of drug-likeness (QED) is 0.161. The first-order valence-electron chi connectivity index (χ1n) is 18.1. The number of hydrogen-bond donors (Lipinski definition) is 0. The van der Waals surface area contributed by atoms with Crippen LogP contribution in [0.4, 0.5) is 11.4 Å². The van der Waals surface area contributed by atoms with Gasteiger partial charge in [0.1, 0.15) is 5.82 Å². The van der Waals surface area contributed by atoms with Crippen LogP contribution in [-0.4, -0.2) is 9.55 Å². The largest absolute Gasteiger partial charge is 0.500 e. The molecule has 0 saturated carbocycles. The Balaban J connectivity index is 0.00000464. The van der Waals surface area contributed by atoms with Gasteiger partial charge in [0.25, 0.3) is 0 Å². The molecule has 52 heavy (non-hydrogen) atoms. The second kappa shape index (κ2) is 13.4. The van der Waals surface area contributed by atoms with Crippen molar-refractivity contribution in [2.75, 3.05) is 9.80 Å². The molecule has 2 aromatic heterocycles. The molecule has 0 aliphatic carbocycles. The monoisotopic (exact) mass is 866 g/mol. The molecule has 5 heteroatoms. The van der Waals surface area contributed by atoms with Crippen LogP contribution < -0.4 is 9.80 Å². The smallest absolute Gasteiger partial charge is 0.135 e. The number of pyridine rings is 1. The summed E-state index contributed by atoms with van der Waals surface area (Å²) in [6.45, 7) is 27.1.